The number of pyridine rings is 2. The van der Waals surface area contributed by atoms with E-state index in [2.05, 4.69) is 24.7 Å². The highest BCUT2D eigenvalue weighted by molar-refractivity contribution is 7.92. The molecular formula is C22H19N5O5S. The number of benzene rings is 1. The minimum atomic E-state index is -4.10. The Kier molecular flexibility index (Phi) is 6.31. The van der Waals surface area contributed by atoms with E-state index in [4.69, 9.17) is 14.2 Å². The fourth-order valence-electron chi connectivity index (χ4n) is 2.86. The molecule has 0 fully saturated rings. The van der Waals surface area contributed by atoms with Gasteiger partial charge in [-0.1, -0.05) is 18.2 Å². The number of rotatable bonds is 8. The van der Waals surface area contributed by atoms with Gasteiger partial charge in [0, 0.05) is 24.2 Å². The standard InChI is InChI=1S/C22H19N5O5S/c1-30-16-7-3-4-8-17(16)32-19-21(27-33(28,29)18-9-5-6-12-24-18)25-20(26-22(19)31-2)15-10-13-23-14-11-15/h3-14H,1-2H3,(H,25,26,27). The summed E-state index contributed by atoms with van der Waals surface area (Å²) in [5.41, 5.74) is 0.602. The smallest absolute Gasteiger partial charge is 0.280 e. The van der Waals surface area contributed by atoms with Gasteiger partial charge in [0.1, 0.15) is 0 Å². The SMILES string of the molecule is COc1ccccc1Oc1c(NS(=O)(=O)c2ccccn2)nc(-c2ccncc2)nc1OC. The van der Waals surface area contributed by atoms with E-state index in [9.17, 15) is 8.42 Å². The van der Waals surface area contributed by atoms with Crippen molar-refractivity contribution in [1.82, 2.24) is 19.9 Å². The zero-order valence-corrected chi connectivity index (χ0v) is 18.5. The molecule has 11 heteroatoms. The maximum absolute atomic E-state index is 13.0. The van der Waals surface area contributed by atoms with Crippen molar-refractivity contribution in [2.45, 2.75) is 5.03 Å². The van der Waals surface area contributed by atoms with E-state index in [1.165, 1.54) is 26.5 Å². The summed E-state index contributed by atoms with van der Waals surface area (Å²) >= 11 is 0. The third-order valence-electron chi connectivity index (χ3n) is 4.39. The zero-order valence-electron chi connectivity index (χ0n) is 17.7. The highest BCUT2D eigenvalue weighted by atomic mass is 32.2. The van der Waals surface area contributed by atoms with Crippen LogP contribution in [0.1, 0.15) is 0 Å². The molecule has 0 saturated carbocycles. The van der Waals surface area contributed by atoms with Gasteiger partial charge in [-0.15, -0.1) is 0 Å². The molecule has 0 spiro atoms. The quantitative estimate of drug-likeness (QED) is 0.416. The summed E-state index contributed by atoms with van der Waals surface area (Å²) in [6.07, 6.45) is 4.52. The summed E-state index contributed by atoms with van der Waals surface area (Å²) in [5.74, 6) is 0.791. The molecule has 0 bridgehead atoms. The molecule has 4 aromatic rings. The minimum Gasteiger partial charge on any atom is -0.493 e. The van der Waals surface area contributed by atoms with E-state index < -0.39 is 10.0 Å². The van der Waals surface area contributed by atoms with Crippen LogP contribution in [0.5, 0.6) is 23.1 Å². The second kappa shape index (κ2) is 9.49. The van der Waals surface area contributed by atoms with Crippen molar-refractivity contribution in [2.24, 2.45) is 0 Å². The van der Waals surface area contributed by atoms with Gasteiger partial charge in [-0.25, -0.2) is 9.97 Å². The molecule has 1 N–H and O–H groups in total. The lowest BCUT2D eigenvalue weighted by molar-refractivity contribution is 0.348. The lowest BCUT2D eigenvalue weighted by Gasteiger charge is -2.17. The number of sulfonamides is 1. The normalized spacial score (nSPS) is 11.0. The van der Waals surface area contributed by atoms with Crippen molar-refractivity contribution in [3.05, 3.63) is 73.2 Å². The summed E-state index contributed by atoms with van der Waals surface area (Å²) < 4.78 is 45.2. The van der Waals surface area contributed by atoms with Gasteiger partial charge < -0.3 is 14.2 Å². The van der Waals surface area contributed by atoms with Gasteiger partial charge in [-0.3, -0.25) is 9.71 Å². The Labute approximate surface area is 190 Å². The molecule has 10 nitrogen and oxygen atoms in total. The second-order valence-electron chi connectivity index (χ2n) is 6.50. The average molecular weight is 465 g/mol. The monoisotopic (exact) mass is 465 g/mol. The number of ether oxygens (including phenoxy) is 3. The van der Waals surface area contributed by atoms with Crippen LogP contribution in [0.25, 0.3) is 11.4 Å². The number of hydrogen-bond acceptors (Lipinski definition) is 9. The maximum Gasteiger partial charge on any atom is 0.280 e. The molecule has 0 amide bonds. The van der Waals surface area contributed by atoms with Crippen LogP contribution < -0.4 is 18.9 Å². The number of anilines is 1. The van der Waals surface area contributed by atoms with E-state index in [1.807, 2.05) is 0 Å². The number of aromatic nitrogens is 4. The van der Waals surface area contributed by atoms with Crippen molar-refractivity contribution in [3.63, 3.8) is 0 Å². The Morgan fingerprint density at radius 1 is 0.818 bits per heavy atom. The third kappa shape index (κ3) is 4.83. The first-order valence-electron chi connectivity index (χ1n) is 9.63. The van der Waals surface area contributed by atoms with E-state index >= 15 is 0 Å². The number of nitrogens with one attached hydrogen (secondary N) is 1. The topological polar surface area (TPSA) is 125 Å². The van der Waals surface area contributed by atoms with Crippen molar-refractivity contribution in [3.8, 4) is 34.5 Å². The van der Waals surface area contributed by atoms with Gasteiger partial charge in [0.05, 0.1) is 14.2 Å². The van der Waals surface area contributed by atoms with Gasteiger partial charge in [0.2, 0.25) is 5.75 Å². The first-order valence-corrected chi connectivity index (χ1v) is 11.1. The molecule has 0 aliphatic heterocycles. The summed E-state index contributed by atoms with van der Waals surface area (Å²) in [4.78, 5) is 16.7. The number of para-hydroxylation sites is 2. The van der Waals surface area contributed by atoms with Gasteiger partial charge in [0.15, 0.2) is 28.2 Å². The van der Waals surface area contributed by atoms with E-state index in [0.29, 0.717) is 17.1 Å². The molecule has 4 rings (SSSR count). The lowest BCUT2D eigenvalue weighted by Crippen LogP contribution is -2.17. The first-order chi connectivity index (χ1) is 16.0. The summed E-state index contributed by atoms with van der Waals surface area (Å²) in [5, 5.41) is -0.184. The van der Waals surface area contributed by atoms with Crippen molar-refractivity contribution in [1.29, 1.82) is 0 Å². The Morgan fingerprint density at radius 2 is 1.55 bits per heavy atom. The lowest BCUT2D eigenvalue weighted by atomic mass is 10.2. The molecule has 168 valence electrons. The minimum absolute atomic E-state index is 0.0152. The summed E-state index contributed by atoms with van der Waals surface area (Å²) in [6, 6.07) is 14.8. The summed E-state index contributed by atoms with van der Waals surface area (Å²) in [6.45, 7) is 0. The van der Waals surface area contributed by atoms with E-state index in [1.54, 1.807) is 60.9 Å². The molecular weight excluding hydrogens is 446 g/mol. The predicted octanol–water partition coefficient (Wildman–Crippen LogP) is 3.54. The van der Waals surface area contributed by atoms with Crippen LogP contribution in [0.3, 0.4) is 0 Å². The molecule has 0 aliphatic carbocycles. The Hall–Kier alpha value is -4.25. The second-order valence-corrected chi connectivity index (χ2v) is 8.13. The van der Waals surface area contributed by atoms with Gasteiger partial charge in [0.25, 0.3) is 15.9 Å². The highest BCUT2D eigenvalue weighted by Crippen LogP contribution is 2.41. The number of methoxy groups -OCH3 is 2. The van der Waals surface area contributed by atoms with Crippen LogP contribution in [0.4, 0.5) is 5.82 Å². The predicted molar refractivity (Wildman–Crippen MR) is 120 cm³/mol. The summed E-state index contributed by atoms with van der Waals surface area (Å²) in [7, 11) is -1.21. The van der Waals surface area contributed by atoms with Gasteiger partial charge in [-0.05, 0) is 36.4 Å². The fraction of sp³-hybridized carbons (Fsp3) is 0.0909. The average Bonchev–Trinajstić information content (AvgIpc) is 2.86. The first kappa shape index (κ1) is 22.0. The molecule has 0 radical (unpaired) electrons. The highest BCUT2D eigenvalue weighted by Gasteiger charge is 2.25. The van der Waals surface area contributed by atoms with Gasteiger partial charge >= 0.3 is 0 Å². The van der Waals surface area contributed by atoms with E-state index in [-0.39, 0.29) is 28.3 Å². The maximum atomic E-state index is 13.0. The molecule has 0 unspecified atom stereocenters. The van der Waals surface area contributed by atoms with Gasteiger partial charge in [-0.2, -0.15) is 13.4 Å². The zero-order chi connectivity index (χ0) is 23.3. The Morgan fingerprint density at radius 3 is 2.21 bits per heavy atom. The molecule has 1 aromatic carbocycles. The van der Waals surface area contributed by atoms with E-state index in [0.717, 1.165) is 0 Å². The fourth-order valence-corrected chi connectivity index (χ4v) is 3.81. The third-order valence-corrected chi connectivity index (χ3v) is 5.65. The largest absolute Gasteiger partial charge is 0.493 e. The van der Waals surface area contributed by atoms with Crippen molar-refractivity contribution in [2.75, 3.05) is 18.9 Å². The Balaban J connectivity index is 1.87. The Bertz CT molecular complexity index is 1350. The molecule has 0 aliphatic rings. The van der Waals surface area contributed by atoms with Crippen molar-refractivity contribution >= 4 is 15.8 Å². The molecule has 33 heavy (non-hydrogen) atoms. The van der Waals surface area contributed by atoms with Crippen LogP contribution in [-0.2, 0) is 10.0 Å². The van der Waals surface area contributed by atoms with Crippen LogP contribution in [0, 0.1) is 0 Å². The molecule has 3 heterocycles. The van der Waals surface area contributed by atoms with Crippen molar-refractivity contribution < 1.29 is 22.6 Å². The number of hydrogen-bond donors (Lipinski definition) is 1. The van der Waals surface area contributed by atoms with Crippen LogP contribution in [-0.4, -0.2) is 42.6 Å². The van der Waals surface area contributed by atoms with Crippen LogP contribution >= 0.6 is 0 Å². The molecule has 0 saturated heterocycles. The van der Waals surface area contributed by atoms with Crippen LogP contribution in [0.15, 0.2) is 78.2 Å². The number of nitrogens with zero attached hydrogens (tertiary/aromatic N) is 4. The molecule has 0 atom stereocenters. The van der Waals surface area contributed by atoms with Crippen LogP contribution in [0.2, 0.25) is 0 Å². The molecule has 3 aromatic heterocycles.